The van der Waals surface area contributed by atoms with Crippen LogP contribution in [0.25, 0.3) is 10.9 Å². The van der Waals surface area contributed by atoms with Crippen LogP contribution in [0.15, 0.2) is 49.2 Å². The fraction of sp³-hybridized carbons (Fsp3) is 0.238. The van der Waals surface area contributed by atoms with Crippen molar-refractivity contribution in [1.82, 2.24) is 9.66 Å². The highest BCUT2D eigenvalue weighted by molar-refractivity contribution is 9.10. The van der Waals surface area contributed by atoms with Crippen LogP contribution >= 0.6 is 31.9 Å². The molecule has 0 radical (unpaired) electrons. The summed E-state index contributed by atoms with van der Waals surface area (Å²) in [6, 6.07) is 7.84. The van der Waals surface area contributed by atoms with E-state index in [2.05, 4.69) is 41.9 Å². The number of rotatable bonds is 7. The molecule has 0 bridgehead atoms. The Morgan fingerprint density at radius 3 is 2.58 bits per heavy atom. The Hall–Kier alpha value is -3.12. The van der Waals surface area contributed by atoms with E-state index in [-0.39, 0.29) is 21.7 Å². The maximum absolute atomic E-state index is 13.1. The molecule has 3 rings (SSSR count). The van der Waals surface area contributed by atoms with Crippen LogP contribution in [0.3, 0.4) is 0 Å². The SMILES string of the molecule is CC(C)c1nc2ccc(Br)cc2c(=O)n1N=Cc1cc(Br)c(O[C@H](C)C(=O)O)c([N+](=O)[O-])c1. The Morgan fingerprint density at radius 1 is 1.27 bits per heavy atom. The lowest BCUT2D eigenvalue weighted by Crippen LogP contribution is -2.23. The minimum Gasteiger partial charge on any atom is -0.479 e. The van der Waals surface area contributed by atoms with Gasteiger partial charge in [0.2, 0.25) is 5.75 Å². The monoisotopic (exact) mass is 580 g/mol. The molecule has 1 aromatic heterocycles. The molecule has 0 saturated carbocycles. The third kappa shape index (κ3) is 5.28. The van der Waals surface area contributed by atoms with Crippen LogP contribution in [0, 0.1) is 10.1 Å². The maximum atomic E-state index is 13.1. The second kappa shape index (κ2) is 9.79. The molecule has 0 aliphatic heterocycles. The molecule has 0 spiro atoms. The van der Waals surface area contributed by atoms with E-state index < -0.39 is 22.7 Å². The number of ether oxygens (including phenoxy) is 1. The lowest BCUT2D eigenvalue weighted by atomic mass is 10.2. The van der Waals surface area contributed by atoms with E-state index in [9.17, 15) is 19.7 Å². The van der Waals surface area contributed by atoms with Crippen molar-refractivity contribution in [3.05, 3.63) is 71.1 Å². The van der Waals surface area contributed by atoms with Crippen molar-refractivity contribution in [2.24, 2.45) is 5.10 Å². The number of aromatic nitrogens is 2. The van der Waals surface area contributed by atoms with Crippen molar-refractivity contribution in [2.75, 3.05) is 0 Å². The van der Waals surface area contributed by atoms with Gasteiger partial charge in [0.05, 0.1) is 26.5 Å². The number of carboxylic acids is 1. The predicted molar refractivity (Wildman–Crippen MR) is 129 cm³/mol. The van der Waals surface area contributed by atoms with Crippen LogP contribution < -0.4 is 10.3 Å². The number of nitro benzene ring substituents is 1. The third-order valence-electron chi connectivity index (χ3n) is 4.56. The van der Waals surface area contributed by atoms with E-state index in [1.54, 1.807) is 18.2 Å². The highest BCUT2D eigenvalue weighted by atomic mass is 79.9. The lowest BCUT2D eigenvalue weighted by molar-refractivity contribution is -0.386. The number of halogens is 2. The summed E-state index contributed by atoms with van der Waals surface area (Å²) in [5.41, 5.74) is -0.00777. The minimum absolute atomic E-state index is 0.128. The van der Waals surface area contributed by atoms with E-state index in [1.165, 1.54) is 25.3 Å². The molecule has 0 unspecified atom stereocenters. The number of carboxylic acid groups (broad SMARTS) is 1. The summed E-state index contributed by atoms with van der Waals surface area (Å²) in [6.45, 7) is 5.00. The zero-order valence-electron chi connectivity index (χ0n) is 17.7. The lowest BCUT2D eigenvalue weighted by Gasteiger charge is -2.13. The molecule has 172 valence electrons. The first kappa shape index (κ1) is 24.5. The van der Waals surface area contributed by atoms with Crippen molar-refractivity contribution in [2.45, 2.75) is 32.8 Å². The normalized spacial score (nSPS) is 12.4. The van der Waals surface area contributed by atoms with E-state index in [0.29, 0.717) is 26.8 Å². The number of hydrogen-bond donors (Lipinski definition) is 1. The fourth-order valence-corrected chi connectivity index (χ4v) is 3.85. The van der Waals surface area contributed by atoms with Crippen molar-refractivity contribution in [3.8, 4) is 5.75 Å². The van der Waals surface area contributed by atoms with Gasteiger partial charge in [0.25, 0.3) is 5.56 Å². The highest BCUT2D eigenvalue weighted by Gasteiger charge is 2.24. The Morgan fingerprint density at radius 2 is 1.97 bits per heavy atom. The average Bonchev–Trinajstić information content (AvgIpc) is 2.74. The molecule has 2 aromatic carbocycles. The van der Waals surface area contributed by atoms with Crippen LogP contribution in [-0.2, 0) is 4.79 Å². The average molecular weight is 582 g/mol. The first-order valence-electron chi connectivity index (χ1n) is 9.63. The van der Waals surface area contributed by atoms with Gasteiger partial charge in [-0.1, -0.05) is 29.8 Å². The van der Waals surface area contributed by atoms with Gasteiger partial charge in [-0.2, -0.15) is 9.78 Å². The molecule has 0 fully saturated rings. The second-order valence-corrected chi connectivity index (χ2v) is 9.12. The summed E-state index contributed by atoms with van der Waals surface area (Å²) in [5, 5.41) is 25.2. The van der Waals surface area contributed by atoms with Gasteiger partial charge in [0.15, 0.2) is 6.10 Å². The Balaban J connectivity index is 2.12. The van der Waals surface area contributed by atoms with Gasteiger partial charge in [-0.15, -0.1) is 0 Å². The highest BCUT2D eigenvalue weighted by Crippen LogP contribution is 2.37. The predicted octanol–water partition coefficient (Wildman–Crippen LogP) is 4.69. The molecule has 1 atom stereocenters. The third-order valence-corrected chi connectivity index (χ3v) is 5.64. The molecular formula is C21H18Br2N4O6. The molecule has 0 amide bonds. The molecule has 1 heterocycles. The quantitative estimate of drug-likeness (QED) is 0.243. The van der Waals surface area contributed by atoms with E-state index in [4.69, 9.17) is 9.84 Å². The largest absolute Gasteiger partial charge is 0.479 e. The summed E-state index contributed by atoms with van der Waals surface area (Å²) in [4.78, 5) is 39.6. The molecule has 33 heavy (non-hydrogen) atoms. The van der Waals surface area contributed by atoms with Crippen LogP contribution in [0.4, 0.5) is 5.69 Å². The number of nitro groups is 1. The number of carbonyl (C=O) groups is 1. The zero-order chi connectivity index (χ0) is 24.4. The zero-order valence-corrected chi connectivity index (χ0v) is 20.8. The van der Waals surface area contributed by atoms with Gasteiger partial charge < -0.3 is 9.84 Å². The summed E-state index contributed by atoms with van der Waals surface area (Å²) < 4.78 is 7.29. The maximum Gasteiger partial charge on any atom is 0.344 e. The van der Waals surface area contributed by atoms with Crippen LogP contribution in [-0.4, -0.2) is 38.0 Å². The molecular weight excluding hydrogens is 564 g/mol. The van der Waals surface area contributed by atoms with Gasteiger partial charge in [-0.3, -0.25) is 14.9 Å². The first-order chi connectivity index (χ1) is 15.5. The fourth-order valence-electron chi connectivity index (χ4n) is 2.93. The number of aliphatic carboxylic acids is 1. The summed E-state index contributed by atoms with van der Waals surface area (Å²) >= 11 is 6.54. The molecule has 10 nitrogen and oxygen atoms in total. The van der Waals surface area contributed by atoms with Gasteiger partial charge in [-0.05, 0) is 47.1 Å². The van der Waals surface area contributed by atoms with Gasteiger partial charge >= 0.3 is 11.7 Å². The van der Waals surface area contributed by atoms with E-state index in [1.807, 2.05) is 13.8 Å². The summed E-state index contributed by atoms with van der Waals surface area (Å²) in [6.07, 6.45) is -0.00398. The van der Waals surface area contributed by atoms with Crippen molar-refractivity contribution in [1.29, 1.82) is 0 Å². The molecule has 0 aliphatic rings. The molecule has 1 N–H and O–H groups in total. The smallest absolute Gasteiger partial charge is 0.344 e. The molecule has 0 aliphatic carbocycles. The van der Waals surface area contributed by atoms with Gasteiger partial charge in [0, 0.05) is 22.0 Å². The topological polar surface area (TPSA) is 137 Å². The van der Waals surface area contributed by atoms with Crippen molar-refractivity contribution < 1.29 is 19.6 Å². The molecule has 0 saturated heterocycles. The number of fused-ring (bicyclic) bond motifs is 1. The number of hydrogen-bond acceptors (Lipinski definition) is 7. The van der Waals surface area contributed by atoms with Crippen molar-refractivity contribution >= 4 is 60.6 Å². The summed E-state index contributed by atoms with van der Waals surface area (Å²) in [5.74, 6) is -1.19. The standard InChI is InChI=1S/C21H18Br2N4O6/c1-10(2)19-25-16-5-4-13(22)8-14(16)20(28)26(19)24-9-12-6-15(23)18(17(7-12)27(31)32)33-11(3)21(29)30/h4-11H,1-3H3,(H,29,30)/t11-/m1/s1. The van der Waals surface area contributed by atoms with Crippen LogP contribution in [0.5, 0.6) is 5.75 Å². The number of nitrogens with zero attached hydrogens (tertiary/aromatic N) is 4. The van der Waals surface area contributed by atoms with Crippen LogP contribution in [0.1, 0.15) is 38.1 Å². The minimum atomic E-state index is -1.30. The Kier molecular flexibility index (Phi) is 7.28. The second-order valence-electron chi connectivity index (χ2n) is 7.35. The Bertz CT molecular complexity index is 1350. The number of benzene rings is 2. The molecule has 3 aromatic rings. The van der Waals surface area contributed by atoms with E-state index >= 15 is 0 Å². The van der Waals surface area contributed by atoms with E-state index in [0.717, 1.165) is 4.68 Å². The van der Waals surface area contributed by atoms with Crippen LogP contribution in [0.2, 0.25) is 0 Å². The first-order valence-corrected chi connectivity index (χ1v) is 11.2. The van der Waals surface area contributed by atoms with Gasteiger partial charge in [0.1, 0.15) is 5.82 Å². The van der Waals surface area contributed by atoms with Gasteiger partial charge in [-0.25, -0.2) is 9.78 Å². The summed E-state index contributed by atoms with van der Waals surface area (Å²) in [7, 11) is 0. The van der Waals surface area contributed by atoms with Crippen molar-refractivity contribution in [3.63, 3.8) is 0 Å². The Labute approximate surface area is 204 Å². The molecule has 12 heteroatoms.